The zero-order chi connectivity index (χ0) is 18.0. The van der Waals surface area contributed by atoms with Gasteiger partial charge in [-0.25, -0.2) is 0 Å². The number of fused-ring (bicyclic) bond motifs is 1. The van der Waals surface area contributed by atoms with E-state index >= 15 is 0 Å². The molecule has 0 radical (unpaired) electrons. The number of rotatable bonds is 3. The van der Waals surface area contributed by atoms with E-state index in [-0.39, 0.29) is 19.1 Å². The minimum atomic E-state index is -4.37. The number of carbonyl (C=O) groups is 1. The molecule has 0 saturated heterocycles. The minimum Gasteiger partial charge on any atom is -0.485 e. The number of ether oxygens (including phenoxy) is 2. The summed E-state index contributed by atoms with van der Waals surface area (Å²) in [6.45, 7) is 0.270. The fourth-order valence-corrected chi connectivity index (χ4v) is 2.54. The van der Waals surface area contributed by atoms with Crippen LogP contribution in [0, 0.1) is 0 Å². The number of amides is 1. The lowest BCUT2D eigenvalue weighted by Crippen LogP contribution is -2.44. The average molecular weight is 351 g/mol. The molecule has 1 heterocycles. The highest BCUT2D eigenvalue weighted by Crippen LogP contribution is 2.31. The van der Waals surface area contributed by atoms with Gasteiger partial charge in [0.25, 0.3) is 5.91 Å². The van der Waals surface area contributed by atoms with Crippen molar-refractivity contribution in [2.75, 3.05) is 13.7 Å². The van der Waals surface area contributed by atoms with Gasteiger partial charge in [0, 0.05) is 13.6 Å². The number of hydrogen-bond acceptors (Lipinski definition) is 3. The highest BCUT2D eigenvalue weighted by atomic mass is 19.4. The number of para-hydroxylation sites is 2. The van der Waals surface area contributed by atoms with Crippen LogP contribution in [0.2, 0.25) is 0 Å². The summed E-state index contributed by atoms with van der Waals surface area (Å²) in [7, 11) is 1.57. The Bertz CT molecular complexity index is 759. The summed E-state index contributed by atoms with van der Waals surface area (Å²) in [5, 5.41) is 0. The third-order valence-corrected chi connectivity index (χ3v) is 3.86. The second kappa shape index (κ2) is 6.66. The van der Waals surface area contributed by atoms with Crippen LogP contribution in [0.25, 0.3) is 0 Å². The summed E-state index contributed by atoms with van der Waals surface area (Å²) in [6, 6.07) is 11.8. The Balaban J connectivity index is 1.63. The highest BCUT2D eigenvalue weighted by Gasteiger charge is 2.31. The van der Waals surface area contributed by atoms with E-state index < -0.39 is 17.8 Å². The number of likely N-dealkylation sites (N-methyl/N-ethyl adjacent to an activating group) is 1. The molecule has 0 N–H and O–H groups in total. The minimum absolute atomic E-state index is 0.0905. The molecule has 0 fully saturated rings. The maximum absolute atomic E-state index is 12.6. The van der Waals surface area contributed by atoms with Crippen molar-refractivity contribution < 1.29 is 27.4 Å². The molecule has 1 aliphatic rings. The Labute approximate surface area is 142 Å². The van der Waals surface area contributed by atoms with E-state index in [2.05, 4.69) is 0 Å². The molecule has 0 bridgehead atoms. The molecule has 1 aliphatic heterocycles. The second-order valence-electron chi connectivity index (χ2n) is 5.75. The molecule has 1 amide bonds. The molecule has 3 rings (SSSR count). The van der Waals surface area contributed by atoms with Gasteiger partial charge in [-0.3, -0.25) is 4.79 Å². The molecule has 0 aliphatic carbocycles. The summed E-state index contributed by atoms with van der Waals surface area (Å²) in [4.78, 5) is 13.9. The van der Waals surface area contributed by atoms with E-state index in [0.29, 0.717) is 17.1 Å². The van der Waals surface area contributed by atoms with Crippen molar-refractivity contribution in [1.82, 2.24) is 4.90 Å². The Morgan fingerprint density at radius 1 is 1.12 bits per heavy atom. The molecule has 7 heteroatoms. The van der Waals surface area contributed by atoms with Gasteiger partial charge in [-0.05, 0) is 29.8 Å². The van der Waals surface area contributed by atoms with E-state index in [0.717, 1.165) is 12.1 Å². The molecule has 0 spiro atoms. The lowest BCUT2D eigenvalue weighted by molar-refractivity contribution is -0.140. The van der Waals surface area contributed by atoms with Crippen molar-refractivity contribution in [3.63, 3.8) is 0 Å². The van der Waals surface area contributed by atoms with Crippen molar-refractivity contribution in [2.24, 2.45) is 0 Å². The molecule has 0 saturated carbocycles. The zero-order valence-corrected chi connectivity index (χ0v) is 13.4. The smallest absolute Gasteiger partial charge is 0.416 e. The molecule has 2 aromatic carbocycles. The zero-order valence-electron chi connectivity index (χ0n) is 13.4. The molecule has 132 valence electrons. The van der Waals surface area contributed by atoms with Crippen molar-refractivity contribution in [3.8, 4) is 11.5 Å². The largest absolute Gasteiger partial charge is 0.485 e. The number of carbonyl (C=O) groups excluding carboxylic acids is 1. The molecule has 0 aromatic heterocycles. The summed E-state index contributed by atoms with van der Waals surface area (Å²) >= 11 is 0. The van der Waals surface area contributed by atoms with Crippen LogP contribution in [0.1, 0.15) is 11.1 Å². The van der Waals surface area contributed by atoms with Gasteiger partial charge < -0.3 is 14.4 Å². The number of alkyl halides is 3. The van der Waals surface area contributed by atoms with E-state index in [1.165, 1.54) is 17.0 Å². The molecular weight excluding hydrogens is 335 g/mol. The van der Waals surface area contributed by atoms with Gasteiger partial charge in [-0.2, -0.15) is 13.2 Å². The van der Waals surface area contributed by atoms with Crippen molar-refractivity contribution in [3.05, 3.63) is 59.7 Å². The molecule has 2 aromatic rings. The topological polar surface area (TPSA) is 38.8 Å². The highest BCUT2D eigenvalue weighted by molar-refractivity contribution is 5.81. The predicted molar refractivity (Wildman–Crippen MR) is 84.3 cm³/mol. The molecule has 1 atom stereocenters. The maximum atomic E-state index is 12.6. The number of benzene rings is 2. The van der Waals surface area contributed by atoms with Crippen LogP contribution in [0.3, 0.4) is 0 Å². The quantitative estimate of drug-likeness (QED) is 0.850. The molecule has 1 unspecified atom stereocenters. The standard InChI is InChI=1S/C18H16F3NO3/c1-22(10-12-6-8-13(9-7-12)18(19,20)21)17(23)16-11-24-14-4-2-3-5-15(14)25-16/h2-9,16H,10-11H2,1H3. The van der Waals surface area contributed by atoms with E-state index in [1.54, 1.807) is 31.3 Å². The monoisotopic (exact) mass is 351 g/mol. The average Bonchev–Trinajstić information content (AvgIpc) is 2.60. The van der Waals surface area contributed by atoms with Gasteiger partial charge >= 0.3 is 6.18 Å². The van der Waals surface area contributed by atoms with Crippen LogP contribution >= 0.6 is 0 Å². The normalized spacial score (nSPS) is 16.4. The third-order valence-electron chi connectivity index (χ3n) is 3.86. The van der Waals surface area contributed by atoms with Crippen LogP contribution in [-0.2, 0) is 17.5 Å². The Hall–Kier alpha value is -2.70. The summed E-state index contributed by atoms with van der Waals surface area (Å²) in [5.41, 5.74) is -0.119. The van der Waals surface area contributed by atoms with Crippen LogP contribution in [-0.4, -0.2) is 30.6 Å². The molecule has 25 heavy (non-hydrogen) atoms. The van der Waals surface area contributed by atoms with E-state index in [9.17, 15) is 18.0 Å². The van der Waals surface area contributed by atoms with Crippen LogP contribution in [0.5, 0.6) is 11.5 Å². The summed E-state index contributed by atoms with van der Waals surface area (Å²) in [6.07, 6.45) is -5.16. The second-order valence-corrected chi connectivity index (χ2v) is 5.75. The van der Waals surface area contributed by atoms with Gasteiger partial charge in [0.15, 0.2) is 11.5 Å². The third kappa shape index (κ3) is 3.87. The van der Waals surface area contributed by atoms with E-state index in [1.807, 2.05) is 0 Å². The van der Waals surface area contributed by atoms with Crippen molar-refractivity contribution in [1.29, 1.82) is 0 Å². The van der Waals surface area contributed by atoms with Gasteiger partial charge in [-0.1, -0.05) is 24.3 Å². The van der Waals surface area contributed by atoms with Gasteiger partial charge in [0.05, 0.1) is 5.56 Å². The van der Waals surface area contributed by atoms with Crippen LogP contribution in [0.4, 0.5) is 13.2 Å². The Kier molecular flexibility index (Phi) is 4.57. The van der Waals surface area contributed by atoms with Crippen molar-refractivity contribution in [2.45, 2.75) is 18.8 Å². The first-order chi connectivity index (χ1) is 11.8. The van der Waals surface area contributed by atoms with Gasteiger partial charge in [0.1, 0.15) is 6.61 Å². The molecular formula is C18H16F3NO3. The Morgan fingerprint density at radius 2 is 1.76 bits per heavy atom. The van der Waals surface area contributed by atoms with Crippen LogP contribution in [0.15, 0.2) is 48.5 Å². The number of nitrogens with zero attached hydrogens (tertiary/aromatic N) is 1. The summed E-state index contributed by atoms with van der Waals surface area (Å²) in [5.74, 6) is 0.779. The number of hydrogen-bond donors (Lipinski definition) is 0. The lowest BCUT2D eigenvalue weighted by Gasteiger charge is -2.28. The van der Waals surface area contributed by atoms with E-state index in [4.69, 9.17) is 9.47 Å². The lowest BCUT2D eigenvalue weighted by atomic mass is 10.1. The predicted octanol–water partition coefficient (Wildman–Crippen LogP) is 3.50. The maximum Gasteiger partial charge on any atom is 0.416 e. The van der Waals surface area contributed by atoms with Crippen molar-refractivity contribution >= 4 is 5.91 Å². The van der Waals surface area contributed by atoms with Crippen LogP contribution < -0.4 is 9.47 Å². The van der Waals surface area contributed by atoms with Gasteiger partial charge in [0.2, 0.25) is 6.10 Å². The van der Waals surface area contributed by atoms with Gasteiger partial charge in [-0.15, -0.1) is 0 Å². The molecule has 4 nitrogen and oxygen atoms in total. The fraction of sp³-hybridized carbons (Fsp3) is 0.278. The number of halogens is 3. The first kappa shape index (κ1) is 17.1. The summed E-state index contributed by atoms with van der Waals surface area (Å²) < 4.78 is 48.9. The fourth-order valence-electron chi connectivity index (χ4n) is 2.54. The Morgan fingerprint density at radius 3 is 2.40 bits per heavy atom. The SMILES string of the molecule is CN(Cc1ccc(C(F)(F)F)cc1)C(=O)C1COc2ccccc2O1. The first-order valence-corrected chi connectivity index (χ1v) is 7.64. The first-order valence-electron chi connectivity index (χ1n) is 7.64.